The molecule has 2 fully saturated rings. The molecule has 0 radical (unpaired) electrons. The molecule has 1 N–H and O–H groups in total. The molecule has 2 rings (SSSR count). The molecule has 2 saturated carbocycles. The molecule has 1 atom stereocenters. The summed E-state index contributed by atoms with van der Waals surface area (Å²) >= 11 is 0. The van der Waals surface area contributed by atoms with Crippen LogP contribution in [0.3, 0.4) is 0 Å². The average molecular weight is 209 g/mol. The van der Waals surface area contributed by atoms with E-state index in [0.29, 0.717) is 0 Å². The molecule has 1 unspecified atom stereocenters. The zero-order valence-corrected chi connectivity index (χ0v) is 10.5. The largest absolute Gasteiger partial charge is 0.316 e. The van der Waals surface area contributed by atoms with Gasteiger partial charge in [-0.25, -0.2) is 0 Å². The lowest BCUT2D eigenvalue weighted by atomic mass is 9.77. The van der Waals surface area contributed by atoms with Crippen LogP contribution in [0.2, 0.25) is 0 Å². The van der Waals surface area contributed by atoms with Crippen LogP contribution in [0.5, 0.6) is 0 Å². The van der Waals surface area contributed by atoms with Gasteiger partial charge in [0.25, 0.3) is 0 Å². The first-order chi connectivity index (χ1) is 7.30. The summed E-state index contributed by atoms with van der Waals surface area (Å²) in [7, 11) is 0. The summed E-state index contributed by atoms with van der Waals surface area (Å²) in [6, 6.07) is 0. The number of rotatable bonds is 5. The maximum atomic E-state index is 3.59. The van der Waals surface area contributed by atoms with Crippen molar-refractivity contribution in [3.63, 3.8) is 0 Å². The van der Waals surface area contributed by atoms with Gasteiger partial charge in [-0.3, -0.25) is 0 Å². The molecule has 0 heterocycles. The fourth-order valence-electron chi connectivity index (χ4n) is 3.45. The second kappa shape index (κ2) is 4.86. The fraction of sp³-hybridized carbons (Fsp3) is 1.00. The minimum absolute atomic E-state index is 0.812. The molecule has 0 aromatic rings. The van der Waals surface area contributed by atoms with E-state index in [2.05, 4.69) is 19.2 Å². The molecular formula is C14H27N. The van der Waals surface area contributed by atoms with Gasteiger partial charge >= 0.3 is 0 Å². The Morgan fingerprint density at radius 3 is 2.53 bits per heavy atom. The quantitative estimate of drug-likeness (QED) is 0.682. The van der Waals surface area contributed by atoms with E-state index < -0.39 is 0 Å². The fourth-order valence-corrected chi connectivity index (χ4v) is 3.45. The molecule has 2 aliphatic carbocycles. The minimum atomic E-state index is 0.812. The van der Waals surface area contributed by atoms with Crippen molar-refractivity contribution in [3.05, 3.63) is 0 Å². The van der Waals surface area contributed by atoms with Crippen molar-refractivity contribution in [3.8, 4) is 0 Å². The normalized spacial score (nSPS) is 39.6. The molecule has 0 aromatic carbocycles. The number of hydrogen-bond acceptors (Lipinski definition) is 1. The Labute approximate surface area is 95.0 Å². The van der Waals surface area contributed by atoms with Gasteiger partial charge in [-0.1, -0.05) is 20.3 Å². The van der Waals surface area contributed by atoms with Crippen molar-refractivity contribution in [1.82, 2.24) is 5.32 Å². The summed E-state index contributed by atoms with van der Waals surface area (Å²) < 4.78 is 0. The first-order valence-corrected chi connectivity index (χ1v) is 7.01. The summed E-state index contributed by atoms with van der Waals surface area (Å²) in [5.74, 6) is 2.09. The van der Waals surface area contributed by atoms with Crippen LogP contribution in [0.4, 0.5) is 0 Å². The molecule has 88 valence electrons. The number of hydrogen-bond donors (Lipinski definition) is 1. The summed E-state index contributed by atoms with van der Waals surface area (Å²) in [5, 5.41) is 3.59. The highest BCUT2D eigenvalue weighted by molar-refractivity contribution is 5.04. The van der Waals surface area contributed by atoms with Crippen molar-refractivity contribution < 1.29 is 0 Å². The van der Waals surface area contributed by atoms with Crippen LogP contribution in [0, 0.1) is 17.3 Å². The van der Waals surface area contributed by atoms with Crippen molar-refractivity contribution in [1.29, 1.82) is 0 Å². The average Bonchev–Trinajstić information content (AvgIpc) is 2.93. The highest BCUT2D eigenvalue weighted by Crippen LogP contribution is 2.62. The Morgan fingerprint density at radius 1 is 1.20 bits per heavy atom. The molecule has 1 nitrogen and oxygen atoms in total. The molecule has 0 amide bonds. The van der Waals surface area contributed by atoms with E-state index in [4.69, 9.17) is 0 Å². The van der Waals surface area contributed by atoms with Gasteiger partial charge in [0, 0.05) is 0 Å². The smallest absolute Gasteiger partial charge is 0.00150 e. The van der Waals surface area contributed by atoms with E-state index in [1.54, 1.807) is 0 Å². The van der Waals surface area contributed by atoms with Crippen molar-refractivity contribution in [2.75, 3.05) is 13.1 Å². The van der Waals surface area contributed by atoms with Gasteiger partial charge in [-0.05, 0) is 68.9 Å². The van der Waals surface area contributed by atoms with Crippen LogP contribution in [-0.4, -0.2) is 13.1 Å². The summed E-state index contributed by atoms with van der Waals surface area (Å²) in [6.07, 6.45) is 10.3. The zero-order valence-electron chi connectivity index (χ0n) is 10.5. The molecule has 1 heteroatoms. The SMILES string of the molecule is CCCNCC1CC12CCC(CC)CC2. The Morgan fingerprint density at radius 2 is 1.93 bits per heavy atom. The second-order valence-corrected chi connectivity index (χ2v) is 5.82. The van der Waals surface area contributed by atoms with E-state index in [1.807, 2.05) is 0 Å². The molecular weight excluding hydrogens is 182 g/mol. The maximum Gasteiger partial charge on any atom is -0.00150 e. The third kappa shape index (κ3) is 2.55. The van der Waals surface area contributed by atoms with Crippen LogP contribution >= 0.6 is 0 Å². The van der Waals surface area contributed by atoms with Crippen molar-refractivity contribution in [2.45, 2.75) is 58.8 Å². The Hall–Kier alpha value is -0.0400. The Bertz CT molecular complexity index is 192. The van der Waals surface area contributed by atoms with E-state index in [1.165, 1.54) is 58.0 Å². The summed E-state index contributed by atoms with van der Waals surface area (Å²) in [6.45, 7) is 7.12. The minimum Gasteiger partial charge on any atom is -0.316 e. The van der Waals surface area contributed by atoms with Crippen LogP contribution in [0.15, 0.2) is 0 Å². The lowest BCUT2D eigenvalue weighted by Gasteiger charge is -2.29. The first kappa shape index (κ1) is 11.4. The van der Waals surface area contributed by atoms with Gasteiger partial charge in [-0.15, -0.1) is 0 Å². The summed E-state index contributed by atoms with van der Waals surface area (Å²) in [4.78, 5) is 0. The third-order valence-corrected chi connectivity index (χ3v) is 4.85. The lowest BCUT2D eigenvalue weighted by molar-refractivity contribution is 0.233. The topological polar surface area (TPSA) is 12.0 Å². The van der Waals surface area contributed by atoms with Gasteiger partial charge in [0.1, 0.15) is 0 Å². The third-order valence-electron chi connectivity index (χ3n) is 4.85. The highest BCUT2D eigenvalue weighted by atomic mass is 14.9. The van der Waals surface area contributed by atoms with Gasteiger partial charge in [0.15, 0.2) is 0 Å². The molecule has 1 spiro atoms. The van der Waals surface area contributed by atoms with Gasteiger partial charge in [-0.2, -0.15) is 0 Å². The van der Waals surface area contributed by atoms with E-state index >= 15 is 0 Å². The molecule has 0 saturated heterocycles. The molecule has 0 aliphatic heterocycles. The van der Waals surface area contributed by atoms with Crippen LogP contribution in [0.25, 0.3) is 0 Å². The van der Waals surface area contributed by atoms with E-state index in [-0.39, 0.29) is 0 Å². The maximum absolute atomic E-state index is 3.59. The number of nitrogens with one attached hydrogen (secondary N) is 1. The molecule has 15 heavy (non-hydrogen) atoms. The Kier molecular flexibility index (Phi) is 3.71. The van der Waals surface area contributed by atoms with Crippen LogP contribution < -0.4 is 5.32 Å². The van der Waals surface area contributed by atoms with Crippen LogP contribution in [0.1, 0.15) is 58.8 Å². The van der Waals surface area contributed by atoms with E-state index in [0.717, 1.165) is 17.3 Å². The standard InChI is InChI=1S/C14H27N/c1-3-9-15-11-13-10-14(13)7-5-12(4-2)6-8-14/h12-13,15H,3-11H2,1-2H3. The Balaban J connectivity index is 1.68. The molecule has 2 aliphatic rings. The zero-order chi connectivity index (χ0) is 10.7. The predicted octanol–water partition coefficient (Wildman–Crippen LogP) is 3.59. The first-order valence-electron chi connectivity index (χ1n) is 7.01. The predicted molar refractivity (Wildman–Crippen MR) is 65.9 cm³/mol. The van der Waals surface area contributed by atoms with Gasteiger partial charge < -0.3 is 5.32 Å². The second-order valence-electron chi connectivity index (χ2n) is 5.82. The highest BCUT2D eigenvalue weighted by Gasteiger charge is 2.53. The molecule has 0 bridgehead atoms. The van der Waals surface area contributed by atoms with Gasteiger partial charge in [0.2, 0.25) is 0 Å². The molecule has 0 aromatic heterocycles. The summed E-state index contributed by atoms with van der Waals surface area (Å²) in [5.41, 5.74) is 0.812. The monoisotopic (exact) mass is 209 g/mol. The van der Waals surface area contributed by atoms with Gasteiger partial charge in [0.05, 0.1) is 0 Å². The van der Waals surface area contributed by atoms with Crippen molar-refractivity contribution >= 4 is 0 Å². The van der Waals surface area contributed by atoms with Crippen molar-refractivity contribution in [2.24, 2.45) is 17.3 Å². The van der Waals surface area contributed by atoms with Crippen LogP contribution in [-0.2, 0) is 0 Å². The lowest BCUT2D eigenvalue weighted by Crippen LogP contribution is -2.23. The van der Waals surface area contributed by atoms with E-state index in [9.17, 15) is 0 Å².